The topological polar surface area (TPSA) is 84.3 Å². The minimum Gasteiger partial charge on any atom is -0.337 e. The molecule has 41 heavy (non-hydrogen) atoms. The standard InChI is InChI=1S/C32H35FN4O3S/c1-22-7-4-11-28(17-22)41(39,40)35-30-12-6-8-24-13-14-27(20-29(24)30)37(21-31-34-15-16-36(31)3)32(38)18-23(2)25-9-5-10-26(33)19-25/h4-5,7,9-11,13-17,19-20,23,30,35H,6,8,12,18,21H2,1-3H3/t23-,30-/m0/s1. The zero-order chi connectivity index (χ0) is 29.1. The van der Waals surface area contributed by atoms with Crippen LogP contribution in [0.25, 0.3) is 0 Å². The molecule has 7 nitrogen and oxygen atoms in total. The van der Waals surface area contributed by atoms with Gasteiger partial charge in [-0.1, -0.05) is 37.3 Å². The Kier molecular flexibility index (Phi) is 8.37. The summed E-state index contributed by atoms with van der Waals surface area (Å²) in [5.74, 6) is 0.0534. The molecule has 0 spiro atoms. The van der Waals surface area contributed by atoms with E-state index >= 15 is 0 Å². The molecule has 2 atom stereocenters. The number of amides is 1. The van der Waals surface area contributed by atoms with E-state index in [1.165, 1.54) is 12.1 Å². The van der Waals surface area contributed by atoms with Gasteiger partial charge in [-0.05, 0) is 90.8 Å². The van der Waals surface area contributed by atoms with E-state index < -0.39 is 16.1 Å². The molecule has 1 N–H and O–H groups in total. The number of rotatable bonds is 9. The molecule has 1 aliphatic carbocycles. The Bertz CT molecular complexity index is 1670. The van der Waals surface area contributed by atoms with Crippen LogP contribution < -0.4 is 9.62 Å². The lowest BCUT2D eigenvalue weighted by atomic mass is 9.87. The fraction of sp³-hybridized carbons (Fsp3) is 0.312. The summed E-state index contributed by atoms with van der Waals surface area (Å²) in [4.78, 5) is 20.2. The number of nitrogens with one attached hydrogen (secondary N) is 1. The molecular formula is C32H35FN4O3S. The SMILES string of the molecule is Cc1cccc(S(=O)(=O)N[C@H]2CCCc3ccc(N(Cc4nccn4C)C(=O)C[C@H](C)c4cccc(F)c4)cc32)c1. The van der Waals surface area contributed by atoms with Gasteiger partial charge in [-0.3, -0.25) is 4.79 Å². The molecule has 214 valence electrons. The number of carbonyl (C=O) groups is 1. The van der Waals surface area contributed by atoms with E-state index in [4.69, 9.17) is 0 Å². The van der Waals surface area contributed by atoms with Gasteiger partial charge in [-0.25, -0.2) is 22.5 Å². The van der Waals surface area contributed by atoms with Crippen molar-refractivity contribution in [3.63, 3.8) is 0 Å². The predicted octanol–water partition coefficient (Wildman–Crippen LogP) is 5.95. The Morgan fingerprint density at radius 3 is 2.68 bits per heavy atom. The highest BCUT2D eigenvalue weighted by Crippen LogP contribution is 2.35. The molecule has 0 fully saturated rings. The molecule has 0 saturated carbocycles. The summed E-state index contributed by atoms with van der Waals surface area (Å²) < 4.78 is 45.3. The highest BCUT2D eigenvalue weighted by molar-refractivity contribution is 7.89. The van der Waals surface area contributed by atoms with Crippen LogP contribution in [0.15, 0.2) is 84.0 Å². The maximum atomic E-state index is 13.9. The van der Waals surface area contributed by atoms with Gasteiger partial charge in [0, 0.05) is 37.6 Å². The van der Waals surface area contributed by atoms with Crippen molar-refractivity contribution in [3.05, 3.63) is 113 Å². The first kappa shape index (κ1) is 28.7. The first-order valence-corrected chi connectivity index (χ1v) is 15.3. The van der Waals surface area contributed by atoms with Crippen LogP contribution >= 0.6 is 0 Å². The van der Waals surface area contributed by atoms with E-state index in [9.17, 15) is 17.6 Å². The van der Waals surface area contributed by atoms with E-state index in [2.05, 4.69) is 9.71 Å². The number of anilines is 1. The average molecular weight is 575 g/mol. The highest BCUT2D eigenvalue weighted by atomic mass is 32.2. The molecule has 9 heteroatoms. The van der Waals surface area contributed by atoms with Crippen LogP contribution in [-0.4, -0.2) is 23.9 Å². The third kappa shape index (κ3) is 6.57. The number of fused-ring (bicyclic) bond motifs is 1. The van der Waals surface area contributed by atoms with Crippen molar-refractivity contribution in [2.45, 2.75) is 62.9 Å². The van der Waals surface area contributed by atoms with Crippen LogP contribution in [-0.2, 0) is 34.8 Å². The first-order chi connectivity index (χ1) is 19.6. The third-order valence-electron chi connectivity index (χ3n) is 7.77. The lowest BCUT2D eigenvalue weighted by Gasteiger charge is -2.30. The summed E-state index contributed by atoms with van der Waals surface area (Å²) >= 11 is 0. The van der Waals surface area contributed by atoms with Gasteiger partial charge >= 0.3 is 0 Å². The van der Waals surface area contributed by atoms with Gasteiger partial charge in [-0.2, -0.15) is 0 Å². The summed E-state index contributed by atoms with van der Waals surface area (Å²) in [6, 6.07) is 18.6. The molecule has 1 aliphatic rings. The second-order valence-corrected chi connectivity index (χ2v) is 12.6. The lowest BCUT2D eigenvalue weighted by Crippen LogP contribution is -2.34. The minimum atomic E-state index is -3.75. The molecular weight excluding hydrogens is 539 g/mol. The Morgan fingerprint density at radius 2 is 1.95 bits per heavy atom. The molecule has 3 aromatic carbocycles. The van der Waals surface area contributed by atoms with Gasteiger partial charge in [-0.15, -0.1) is 0 Å². The zero-order valence-electron chi connectivity index (χ0n) is 23.5. The second kappa shape index (κ2) is 12.0. The van der Waals surface area contributed by atoms with E-state index in [-0.39, 0.29) is 35.5 Å². The molecule has 0 aliphatic heterocycles. The number of imidazole rings is 1. The Balaban J connectivity index is 1.46. The van der Waals surface area contributed by atoms with Crippen LogP contribution in [0, 0.1) is 12.7 Å². The van der Waals surface area contributed by atoms with Gasteiger partial charge in [0.2, 0.25) is 15.9 Å². The molecule has 1 aromatic heterocycles. The van der Waals surface area contributed by atoms with Crippen LogP contribution in [0.3, 0.4) is 0 Å². The van der Waals surface area contributed by atoms with Gasteiger partial charge in [0.05, 0.1) is 11.4 Å². The zero-order valence-corrected chi connectivity index (χ0v) is 24.4. The Labute approximate surface area is 241 Å². The lowest BCUT2D eigenvalue weighted by molar-refractivity contribution is -0.119. The van der Waals surface area contributed by atoms with E-state index in [1.54, 1.807) is 35.4 Å². The number of benzene rings is 3. The van der Waals surface area contributed by atoms with Crippen molar-refractivity contribution in [2.75, 3.05) is 4.90 Å². The van der Waals surface area contributed by atoms with Crippen molar-refractivity contribution >= 4 is 21.6 Å². The van der Waals surface area contributed by atoms with E-state index in [0.717, 1.165) is 35.1 Å². The molecule has 0 radical (unpaired) electrons. The van der Waals surface area contributed by atoms with Crippen LogP contribution in [0.2, 0.25) is 0 Å². The fourth-order valence-corrected chi connectivity index (χ4v) is 6.79. The Morgan fingerprint density at radius 1 is 1.15 bits per heavy atom. The van der Waals surface area contributed by atoms with Crippen molar-refractivity contribution in [1.82, 2.24) is 14.3 Å². The van der Waals surface area contributed by atoms with E-state index in [1.807, 2.05) is 62.0 Å². The smallest absolute Gasteiger partial charge is 0.241 e. The number of halogens is 1. The summed E-state index contributed by atoms with van der Waals surface area (Å²) in [7, 11) is -1.87. The summed E-state index contributed by atoms with van der Waals surface area (Å²) in [6.07, 6.45) is 6.04. The molecule has 0 unspecified atom stereocenters. The molecule has 1 heterocycles. The van der Waals surface area contributed by atoms with Crippen molar-refractivity contribution in [3.8, 4) is 0 Å². The number of aryl methyl sites for hydroxylation is 3. The van der Waals surface area contributed by atoms with Crippen molar-refractivity contribution in [1.29, 1.82) is 0 Å². The van der Waals surface area contributed by atoms with Crippen molar-refractivity contribution in [2.24, 2.45) is 7.05 Å². The summed E-state index contributed by atoms with van der Waals surface area (Å²) in [5, 5.41) is 0. The molecule has 0 saturated heterocycles. The third-order valence-corrected chi connectivity index (χ3v) is 9.24. The number of sulfonamides is 1. The van der Waals surface area contributed by atoms with Crippen LogP contribution in [0.4, 0.5) is 10.1 Å². The Hall–Kier alpha value is -3.82. The predicted molar refractivity (Wildman–Crippen MR) is 157 cm³/mol. The summed E-state index contributed by atoms with van der Waals surface area (Å²) in [5.41, 5.74) is 4.24. The first-order valence-electron chi connectivity index (χ1n) is 13.8. The number of nitrogens with zero attached hydrogens (tertiary/aromatic N) is 3. The quantitative estimate of drug-likeness (QED) is 0.268. The summed E-state index contributed by atoms with van der Waals surface area (Å²) in [6.45, 7) is 4.02. The molecule has 4 aromatic rings. The maximum absolute atomic E-state index is 13.9. The van der Waals surface area contributed by atoms with E-state index in [0.29, 0.717) is 17.9 Å². The van der Waals surface area contributed by atoms with Crippen LogP contribution in [0.1, 0.15) is 66.2 Å². The normalized spacial score (nSPS) is 15.8. The average Bonchev–Trinajstić information content (AvgIpc) is 3.35. The van der Waals surface area contributed by atoms with Gasteiger partial charge in [0.25, 0.3) is 0 Å². The number of carbonyl (C=O) groups excluding carboxylic acids is 1. The van der Waals surface area contributed by atoms with Crippen LogP contribution in [0.5, 0.6) is 0 Å². The monoisotopic (exact) mass is 574 g/mol. The number of hydrogen-bond donors (Lipinski definition) is 1. The second-order valence-electron chi connectivity index (χ2n) is 10.9. The molecule has 0 bridgehead atoms. The molecule has 1 amide bonds. The maximum Gasteiger partial charge on any atom is 0.241 e. The highest BCUT2D eigenvalue weighted by Gasteiger charge is 2.28. The fourth-order valence-electron chi connectivity index (χ4n) is 5.43. The van der Waals surface area contributed by atoms with Gasteiger partial charge in [0.15, 0.2) is 0 Å². The minimum absolute atomic E-state index is 0.127. The largest absolute Gasteiger partial charge is 0.337 e. The number of hydrogen-bond acceptors (Lipinski definition) is 4. The number of aromatic nitrogens is 2. The molecule has 5 rings (SSSR count). The van der Waals surface area contributed by atoms with Gasteiger partial charge in [0.1, 0.15) is 11.6 Å². The van der Waals surface area contributed by atoms with Crippen molar-refractivity contribution < 1.29 is 17.6 Å². The van der Waals surface area contributed by atoms with Gasteiger partial charge < -0.3 is 9.47 Å².